The van der Waals surface area contributed by atoms with E-state index >= 15 is 0 Å². The molecule has 0 radical (unpaired) electrons. The van der Waals surface area contributed by atoms with Crippen molar-refractivity contribution in [3.8, 4) is 5.88 Å². The van der Waals surface area contributed by atoms with Crippen LogP contribution in [0, 0.1) is 0 Å². The largest absolute Gasteiger partial charge is 0.480 e. The van der Waals surface area contributed by atoms with Crippen molar-refractivity contribution in [2.24, 2.45) is 0 Å². The van der Waals surface area contributed by atoms with Gasteiger partial charge in [0.05, 0.1) is 7.11 Å². The van der Waals surface area contributed by atoms with Crippen molar-refractivity contribution < 1.29 is 4.74 Å². The molecule has 0 unspecified atom stereocenters. The lowest BCUT2D eigenvalue weighted by Gasteiger charge is -2.05. The van der Waals surface area contributed by atoms with Crippen LogP contribution in [0.2, 0.25) is 0 Å². The number of ether oxygens (including phenoxy) is 1. The topological polar surface area (TPSA) is 67.2 Å². The smallest absolute Gasteiger partial charge is 0.237 e. The zero-order chi connectivity index (χ0) is 13.8. The third-order valence-corrected chi connectivity index (χ3v) is 3.89. The van der Waals surface area contributed by atoms with Gasteiger partial charge in [0.2, 0.25) is 5.88 Å². The molecule has 0 atom stereocenters. The van der Waals surface area contributed by atoms with Crippen LogP contribution in [0.25, 0.3) is 4.96 Å². The number of H-pyrrole nitrogens is 1. The minimum absolute atomic E-state index is 0.704. The van der Waals surface area contributed by atoms with Gasteiger partial charge in [0.25, 0.3) is 0 Å². The summed E-state index contributed by atoms with van der Waals surface area (Å²) in [4.78, 5) is 12.7. The summed E-state index contributed by atoms with van der Waals surface area (Å²) in [5, 5.41) is 5.46. The van der Waals surface area contributed by atoms with E-state index in [4.69, 9.17) is 4.74 Å². The van der Waals surface area contributed by atoms with Gasteiger partial charge in [-0.05, 0) is 13.0 Å². The first kappa shape index (κ1) is 13.1. The van der Waals surface area contributed by atoms with Crippen molar-refractivity contribution in [2.75, 3.05) is 13.7 Å². The fourth-order valence-electron chi connectivity index (χ4n) is 2.16. The van der Waals surface area contributed by atoms with Gasteiger partial charge in [0, 0.05) is 36.9 Å². The number of hydrogen-bond acceptors (Lipinski definition) is 5. The number of hydrogen-bond donors (Lipinski definition) is 2. The number of nitrogens with one attached hydrogen (secondary N) is 2. The fraction of sp³-hybridized carbons (Fsp3) is 0.385. The maximum absolute atomic E-state index is 5.32. The highest BCUT2D eigenvalue weighted by Gasteiger charge is 2.12. The highest BCUT2D eigenvalue weighted by molar-refractivity contribution is 7.15. The molecule has 3 rings (SSSR count). The van der Waals surface area contributed by atoms with Crippen LogP contribution in [0.15, 0.2) is 24.0 Å². The Labute approximate surface area is 120 Å². The fourth-order valence-corrected chi connectivity index (χ4v) is 2.88. The number of nitrogens with zero attached hydrogens (tertiary/aromatic N) is 3. The van der Waals surface area contributed by atoms with Crippen LogP contribution in [0.5, 0.6) is 5.88 Å². The molecule has 0 aliphatic heterocycles. The summed E-state index contributed by atoms with van der Waals surface area (Å²) in [6, 6.07) is 0. The van der Waals surface area contributed by atoms with Gasteiger partial charge in [-0.25, -0.2) is 4.98 Å². The Balaban J connectivity index is 1.53. The Morgan fingerprint density at radius 2 is 2.45 bits per heavy atom. The van der Waals surface area contributed by atoms with Crippen molar-refractivity contribution in [3.05, 3.63) is 35.5 Å². The van der Waals surface area contributed by atoms with Gasteiger partial charge in [-0.15, -0.1) is 11.3 Å². The van der Waals surface area contributed by atoms with Crippen molar-refractivity contribution in [1.82, 2.24) is 24.7 Å². The monoisotopic (exact) mass is 291 g/mol. The summed E-state index contributed by atoms with van der Waals surface area (Å²) in [5.41, 5.74) is 1.07. The summed E-state index contributed by atoms with van der Waals surface area (Å²) in [6.07, 6.45) is 7.66. The number of aromatic nitrogens is 4. The lowest BCUT2D eigenvalue weighted by atomic mass is 10.3. The Hall–Kier alpha value is -1.86. The predicted molar refractivity (Wildman–Crippen MR) is 78.2 cm³/mol. The number of thiazole rings is 1. The molecule has 7 heteroatoms. The molecule has 0 aromatic carbocycles. The van der Waals surface area contributed by atoms with Crippen LogP contribution in [-0.2, 0) is 13.0 Å². The first-order chi connectivity index (χ1) is 9.88. The predicted octanol–water partition coefficient (Wildman–Crippen LogP) is 1.85. The van der Waals surface area contributed by atoms with Crippen LogP contribution in [0.4, 0.5) is 0 Å². The second-order valence-corrected chi connectivity index (χ2v) is 5.31. The number of rotatable bonds is 7. The van der Waals surface area contributed by atoms with E-state index in [2.05, 4.69) is 24.7 Å². The van der Waals surface area contributed by atoms with Gasteiger partial charge in [-0.2, -0.15) is 4.98 Å². The summed E-state index contributed by atoms with van der Waals surface area (Å²) < 4.78 is 7.40. The van der Waals surface area contributed by atoms with Crippen LogP contribution in [0.3, 0.4) is 0 Å². The van der Waals surface area contributed by atoms with Gasteiger partial charge in [0.1, 0.15) is 11.5 Å². The normalized spacial score (nSPS) is 11.2. The Morgan fingerprint density at radius 1 is 1.50 bits per heavy atom. The maximum Gasteiger partial charge on any atom is 0.237 e. The average molecular weight is 291 g/mol. The lowest BCUT2D eigenvalue weighted by Crippen LogP contribution is -2.17. The molecule has 0 spiro atoms. The lowest BCUT2D eigenvalue weighted by molar-refractivity contribution is 0.393. The Morgan fingerprint density at radius 3 is 3.25 bits per heavy atom. The summed E-state index contributed by atoms with van der Waals surface area (Å²) in [5.74, 6) is 1.74. The standard InChI is InChI=1S/C13H17N5OS/c1-19-12-10(18-7-8-20-13(18)17-12)9-14-4-2-3-11-15-5-6-16-11/h5-8,14H,2-4,9H2,1H3,(H,15,16). The molecule has 3 aromatic rings. The Bertz CT molecular complexity index is 657. The zero-order valence-electron chi connectivity index (χ0n) is 11.3. The van der Waals surface area contributed by atoms with E-state index in [1.165, 1.54) is 0 Å². The summed E-state index contributed by atoms with van der Waals surface area (Å²) >= 11 is 1.61. The highest BCUT2D eigenvalue weighted by atomic mass is 32.1. The molecule has 0 fully saturated rings. The number of fused-ring (bicyclic) bond motifs is 1. The highest BCUT2D eigenvalue weighted by Crippen LogP contribution is 2.22. The van der Waals surface area contributed by atoms with E-state index in [0.717, 1.165) is 42.4 Å². The molecule has 0 saturated carbocycles. The van der Waals surface area contributed by atoms with Gasteiger partial charge < -0.3 is 15.0 Å². The van der Waals surface area contributed by atoms with E-state index in [-0.39, 0.29) is 0 Å². The molecule has 20 heavy (non-hydrogen) atoms. The third kappa shape index (κ3) is 2.68. The minimum atomic E-state index is 0.704. The number of aryl methyl sites for hydroxylation is 1. The van der Waals surface area contributed by atoms with E-state index in [1.54, 1.807) is 24.6 Å². The Kier molecular flexibility index (Phi) is 3.98. The SMILES string of the molecule is COc1nc2sccn2c1CNCCCc1ncc[nH]1. The molecule has 0 aliphatic carbocycles. The van der Waals surface area contributed by atoms with Crippen LogP contribution >= 0.6 is 11.3 Å². The van der Waals surface area contributed by atoms with E-state index < -0.39 is 0 Å². The first-order valence-electron chi connectivity index (χ1n) is 6.56. The molecule has 3 aromatic heterocycles. The second-order valence-electron chi connectivity index (χ2n) is 4.44. The quantitative estimate of drug-likeness (QED) is 0.652. The van der Waals surface area contributed by atoms with Crippen LogP contribution in [-0.4, -0.2) is 33.0 Å². The molecule has 3 heterocycles. The van der Waals surface area contributed by atoms with Crippen LogP contribution in [0.1, 0.15) is 17.9 Å². The minimum Gasteiger partial charge on any atom is -0.480 e. The molecule has 106 valence electrons. The molecule has 6 nitrogen and oxygen atoms in total. The third-order valence-electron chi connectivity index (χ3n) is 3.13. The average Bonchev–Trinajstić information content (AvgIpc) is 3.15. The number of aromatic amines is 1. The maximum atomic E-state index is 5.32. The summed E-state index contributed by atoms with van der Waals surface area (Å²) in [7, 11) is 1.66. The van der Waals surface area contributed by atoms with Crippen molar-refractivity contribution in [2.45, 2.75) is 19.4 Å². The zero-order valence-corrected chi connectivity index (χ0v) is 12.1. The second kappa shape index (κ2) is 6.06. The molecule has 0 saturated heterocycles. The molecular formula is C13H17N5OS. The van der Waals surface area contributed by atoms with Gasteiger partial charge in [0.15, 0.2) is 4.96 Å². The summed E-state index contributed by atoms with van der Waals surface area (Å²) in [6.45, 7) is 1.68. The molecule has 0 amide bonds. The van der Waals surface area contributed by atoms with Crippen molar-refractivity contribution >= 4 is 16.3 Å². The van der Waals surface area contributed by atoms with Gasteiger partial charge >= 0.3 is 0 Å². The molecule has 0 bridgehead atoms. The van der Waals surface area contributed by atoms with Gasteiger partial charge in [-0.3, -0.25) is 4.40 Å². The van der Waals surface area contributed by atoms with E-state index in [1.807, 2.05) is 17.8 Å². The van der Waals surface area contributed by atoms with Crippen molar-refractivity contribution in [1.29, 1.82) is 0 Å². The van der Waals surface area contributed by atoms with Crippen LogP contribution < -0.4 is 10.1 Å². The first-order valence-corrected chi connectivity index (χ1v) is 7.44. The molecule has 0 aliphatic rings. The van der Waals surface area contributed by atoms with Crippen molar-refractivity contribution in [3.63, 3.8) is 0 Å². The van der Waals surface area contributed by atoms with Gasteiger partial charge in [-0.1, -0.05) is 0 Å². The van der Waals surface area contributed by atoms with E-state index in [0.29, 0.717) is 5.88 Å². The van der Waals surface area contributed by atoms with E-state index in [9.17, 15) is 0 Å². The molecular weight excluding hydrogens is 274 g/mol. The number of methoxy groups -OCH3 is 1. The number of imidazole rings is 2. The molecule has 2 N–H and O–H groups in total.